The minimum Gasteiger partial charge on any atom is -0.330 e. The van der Waals surface area contributed by atoms with Crippen molar-refractivity contribution in [1.29, 1.82) is 0 Å². The smallest absolute Gasteiger partial charge is 0.163 e. The highest BCUT2D eigenvalue weighted by atomic mass is 16.1. The van der Waals surface area contributed by atoms with Gasteiger partial charge in [0.1, 0.15) is 0 Å². The molecule has 3 rings (SSSR count). The molecule has 0 saturated carbocycles. The van der Waals surface area contributed by atoms with Crippen molar-refractivity contribution in [2.75, 3.05) is 0 Å². The van der Waals surface area contributed by atoms with Gasteiger partial charge in [-0.05, 0) is 30.4 Å². The normalized spacial score (nSPS) is 15.9. The van der Waals surface area contributed by atoms with Crippen LogP contribution >= 0.6 is 0 Å². The van der Waals surface area contributed by atoms with E-state index in [4.69, 9.17) is 0 Å². The van der Waals surface area contributed by atoms with Gasteiger partial charge in [-0.3, -0.25) is 4.79 Å². The maximum atomic E-state index is 11.9. The minimum absolute atomic E-state index is 0.299. The first-order valence-electron chi connectivity index (χ1n) is 7.43. The molecule has 0 radical (unpaired) electrons. The van der Waals surface area contributed by atoms with Gasteiger partial charge in [0.15, 0.2) is 5.78 Å². The third-order valence-electron chi connectivity index (χ3n) is 4.11. The molecular formula is C17H20N2O. The molecule has 1 aromatic carbocycles. The number of fused-ring (bicyclic) bond motifs is 1. The molecule has 1 aliphatic carbocycles. The van der Waals surface area contributed by atoms with E-state index in [0.717, 1.165) is 31.2 Å². The van der Waals surface area contributed by atoms with Gasteiger partial charge in [-0.25, -0.2) is 4.98 Å². The van der Waals surface area contributed by atoms with Gasteiger partial charge in [0.2, 0.25) is 0 Å². The van der Waals surface area contributed by atoms with Gasteiger partial charge in [0.05, 0.1) is 12.4 Å². The quantitative estimate of drug-likeness (QED) is 0.845. The average Bonchev–Trinajstić information content (AvgIpc) is 2.98. The summed E-state index contributed by atoms with van der Waals surface area (Å²) in [5.41, 5.74) is 3.44. The summed E-state index contributed by atoms with van der Waals surface area (Å²) in [6.45, 7) is 2.20. The molecule has 0 spiro atoms. The van der Waals surface area contributed by atoms with E-state index >= 15 is 0 Å². The summed E-state index contributed by atoms with van der Waals surface area (Å²) < 4.78 is 2.16. The average molecular weight is 268 g/mol. The molecule has 1 aliphatic rings. The summed E-state index contributed by atoms with van der Waals surface area (Å²) in [6.07, 6.45) is 10.6. The van der Waals surface area contributed by atoms with Crippen LogP contribution in [0.15, 0.2) is 36.9 Å². The first-order valence-corrected chi connectivity index (χ1v) is 7.43. The second-order valence-electron chi connectivity index (χ2n) is 5.51. The third kappa shape index (κ3) is 2.40. The first kappa shape index (κ1) is 13.1. The van der Waals surface area contributed by atoms with Crippen LogP contribution in [0.3, 0.4) is 0 Å². The van der Waals surface area contributed by atoms with Crippen LogP contribution in [0.25, 0.3) is 0 Å². The van der Waals surface area contributed by atoms with Crippen molar-refractivity contribution in [2.45, 2.75) is 45.1 Å². The second-order valence-corrected chi connectivity index (χ2v) is 5.51. The number of nitrogens with zero attached hydrogens (tertiary/aromatic N) is 2. The van der Waals surface area contributed by atoms with Crippen molar-refractivity contribution < 1.29 is 4.79 Å². The van der Waals surface area contributed by atoms with E-state index in [1.54, 1.807) is 0 Å². The van der Waals surface area contributed by atoms with Crippen molar-refractivity contribution in [3.05, 3.63) is 53.6 Å². The molecule has 1 aromatic heterocycles. The van der Waals surface area contributed by atoms with Crippen LogP contribution < -0.4 is 0 Å². The number of rotatable bonds is 4. The van der Waals surface area contributed by atoms with Gasteiger partial charge >= 0.3 is 0 Å². The second kappa shape index (κ2) is 5.61. The standard InChI is InChI=1S/C17H20N2O/c1-2-4-16(19-10-9-18-12-19)14-7-8-15-13(11-14)5-3-6-17(15)20/h7-12,16H,2-6H2,1H3. The summed E-state index contributed by atoms with van der Waals surface area (Å²) in [6, 6.07) is 6.69. The summed E-state index contributed by atoms with van der Waals surface area (Å²) in [4.78, 5) is 16.1. The molecule has 0 saturated heterocycles. The summed E-state index contributed by atoms with van der Waals surface area (Å²) in [7, 11) is 0. The zero-order chi connectivity index (χ0) is 13.9. The molecule has 1 unspecified atom stereocenters. The van der Waals surface area contributed by atoms with Gasteiger partial charge in [-0.1, -0.05) is 31.5 Å². The minimum atomic E-state index is 0.299. The van der Waals surface area contributed by atoms with Crippen LogP contribution in [-0.2, 0) is 6.42 Å². The number of ketones is 1. The Morgan fingerprint density at radius 3 is 3.00 bits per heavy atom. The van der Waals surface area contributed by atoms with Crippen molar-refractivity contribution >= 4 is 5.78 Å². The number of benzene rings is 1. The molecule has 3 nitrogen and oxygen atoms in total. The molecule has 1 heterocycles. The zero-order valence-corrected chi connectivity index (χ0v) is 11.9. The van der Waals surface area contributed by atoms with Gasteiger partial charge in [-0.2, -0.15) is 0 Å². The van der Waals surface area contributed by atoms with Crippen molar-refractivity contribution in [3.63, 3.8) is 0 Å². The molecule has 2 aromatic rings. The number of Topliss-reactive ketones (excluding diaryl/α,β-unsaturated/α-hetero) is 1. The Hall–Kier alpha value is -1.90. The Morgan fingerprint density at radius 1 is 1.35 bits per heavy atom. The lowest BCUT2D eigenvalue weighted by molar-refractivity contribution is 0.0972. The van der Waals surface area contributed by atoms with Gasteiger partial charge in [0.25, 0.3) is 0 Å². The van der Waals surface area contributed by atoms with Gasteiger partial charge in [-0.15, -0.1) is 0 Å². The topological polar surface area (TPSA) is 34.9 Å². The highest BCUT2D eigenvalue weighted by Gasteiger charge is 2.19. The van der Waals surface area contributed by atoms with E-state index in [-0.39, 0.29) is 0 Å². The van der Waals surface area contributed by atoms with E-state index in [1.807, 2.05) is 24.8 Å². The Morgan fingerprint density at radius 2 is 2.25 bits per heavy atom. The summed E-state index contributed by atoms with van der Waals surface area (Å²) >= 11 is 0. The number of hydrogen-bond donors (Lipinski definition) is 0. The fourth-order valence-corrected chi connectivity index (χ4v) is 3.09. The largest absolute Gasteiger partial charge is 0.330 e. The predicted octanol–water partition coefficient (Wildman–Crippen LogP) is 3.79. The number of carbonyl (C=O) groups is 1. The summed E-state index contributed by atoms with van der Waals surface area (Å²) in [5.74, 6) is 0.299. The van der Waals surface area contributed by atoms with Crippen LogP contribution in [-0.4, -0.2) is 15.3 Å². The molecule has 3 heteroatoms. The Labute approximate surface area is 119 Å². The molecule has 104 valence electrons. The fraction of sp³-hybridized carbons (Fsp3) is 0.412. The van der Waals surface area contributed by atoms with Crippen molar-refractivity contribution in [3.8, 4) is 0 Å². The van der Waals surface area contributed by atoms with Crippen LogP contribution in [0.2, 0.25) is 0 Å². The van der Waals surface area contributed by atoms with Crippen molar-refractivity contribution in [1.82, 2.24) is 9.55 Å². The number of aryl methyl sites for hydroxylation is 1. The molecular weight excluding hydrogens is 248 g/mol. The molecule has 0 amide bonds. The molecule has 20 heavy (non-hydrogen) atoms. The third-order valence-corrected chi connectivity index (χ3v) is 4.11. The molecule has 0 N–H and O–H groups in total. The van der Waals surface area contributed by atoms with Crippen LogP contribution in [0.1, 0.15) is 60.1 Å². The van der Waals surface area contributed by atoms with Crippen LogP contribution in [0, 0.1) is 0 Å². The van der Waals surface area contributed by atoms with Gasteiger partial charge in [0, 0.05) is 24.4 Å². The highest BCUT2D eigenvalue weighted by molar-refractivity contribution is 5.98. The monoisotopic (exact) mass is 268 g/mol. The zero-order valence-electron chi connectivity index (χ0n) is 11.9. The van der Waals surface area contributed by atoms with Crippen molar-refractivity contribution in [2.24, 2.45) is 0 Å². The number of aromatic nitrogens is 2. The van der Waals surface area contributed by atoms with Gasteiger partial charge < -0.3 is 4.57 Å². The molecule has 0 bridgehead atoms. The Kier molecular flexibility index (Phi) is 3.68. The Balaban J connectivity index is 1.98. The van der Waals surface area contributed by atoms with E-state index in [9.17, 15) is 4.79 Å². The number of carbonyl (C=O) groups excluding carboxylic acids is 1. The van der Waals surface area contributed by atoms with E-state index in [2.05, 4.69) is 28.6 Å². The SMILES string of the molecule is CCCC(c1ccc2c(c1)CCCC2=O)n1ccnc1. The maximum absolute atomic E-state index is 11.9. The predicted molar refractivity (Wildman–Crippen MR) is 79.0 cm³/mol. The summed E-state index contributed by atoms with van der Waals surface area (Å²) in [5, 5.41) is 0. The molecule has 0 fully saturated rings. The maximum Gasteiger partial charge on any atom is 0.163 e. The Bertz CT molecular complexity index is 601. The fourth-order valence-electron chi connectivity index (χ4n) is 3.09. The molecule has 0 aliphatic heterocycles. The van der Waals surface area contributed by atoms with Crippen LogP contribution in [0.4, 0.5) is 0 Å². The molecule has 1 atom stereocenters. The van der Waals surface area contributed by atoms with E-state index in [0.29, 0.717) is 18.2 Å². The number of imidazole rings is 1. The van der Waals surface area contributed by atoms with Crippen LogP contribution in [0.5, 0.6) is 0 Å². The lowest BCUT2D eigenvalue weighted by atomic mass is 9.87. The number of hydrogen-bond acceptors (Lipinski definition) is 2. The van der Waals surface area contributed by atoms with E-state index < -0.39 is 0 Å². The lowest BCUT2D eigenvalue weighted by Gasteiger charge is -2.21. The first-order chi connectivity index (χ1) is 9.79. The van der Waals surface area contributed by atoms with E-state index in [1.165, 1.54) is 11.1 Å². The lowest BCUT2D eigenvalue weighted by Crippen LogP contribution is -2.14. The highest BCUT2D eigenvalue weighted by Crippen LogP contribution is 2.28.